The van der Waals surface area contributed by atoms with Crippen LogP contribution in [0.3, 0.4) is 0 Å². The summed E-state index contributed by atoms with van der Waals surface area (Å²) in [7, 11) is 0. The Labute approximate surface area is 35.0 Å². The van der Waals surface area contributed by atoms with Crippen LogP contribution in [-0.2, 0) is 4.74 Å². The first-order chi connectivity index (χ1) is 2.88. The average molecular weight is 84.1 g/mol. The maximum absolute atomic E-state index is 8.51. The first-order valence-electron chi connectivity index (χ1n) is 1.96. The zero-order valence-electron chi connectivity index (χ0n) is 3.14. The predicted octanol–water partition coefficient (Wildman–Crippen LogP) is 0.558. The van der Waals surface area contributed by atoms with E-state index >= 15 is 0 Å². The monoisotopic (exact) mass is 84.0 g/mol. The number of hydrogen-bond donors (Lipinski definition) is 1. The highest BCUT2D eigenvalue weighted by Gasteiger charge is 2.46. The molecule has 2 rings (SSSR count). The summed E-state index contributed by atoms with van der Waals surface area (Å²) in [6.45, 7) is 0. The summed E-state index contributed by atoms with van der Waals surface area (Å²) in [4.78, 5) is 0. The average Bonchev–Trinajstić information content (AvgIpc) is 2.12. The van der Waals surface area contributed by atoms with Gasteiger partial charge in [-0.15, -0.1) is 0 Å². The SMILES string of the molecule is OC1=C2OC2C1. The molecule has 0 aromatic heterocycles. The van der Waals surface area contributed by atoms with Crippen LogP contribution in [-0.4, -0.2) is 11.2 Å². The Hall–Kier alpha value is -0.660. The van der Waals surface area contributed by atoms with Gasteiger partial charge in [-0.3, -0.25) is 0 Å². The van der Waals surface area contributed by atoms with Crippen molar-refractivity contribution in [3.05, 3.63) is 11.5 Å². The Balaban J connectivity index is 2.47. The molecule has 1 atom stereocenters. The summed E-state index contributed by atoms with van der Waals surface area (Å²) >= 11 is 0. The van der Waals surface area contributed by atoms with Gasteiger partial charge in [-0.2, -0.15) is 0 Å². The quantitative estimate of drug-likeness (QED) is 0.435. The number of aliphatic hydroxyl groups is 1. The number of hydrogen-bond acceptors (Lipinski definition) is 2. The minimum atomic E-state index is 0.338. The van der Waals surface area contributed by atoms with Crippen molar-refractivity contribution >= 4 is 0 Å². The van der Waals surface area contributed by atoms with E-state index in [1.54, 1.807) is 0 Å². The number of epoxide rings is 1. The first kappa shape index (κ1) is 2.50. The number of rotatable bonds is 0. The Kier molecular flexibility index (Phi) is 0.189. The van der Waals surface area contributed by atoms with E-state index in [-0.39, 0.29) is 0 Å². The topological polar surface area (TPSA) is 32.8 Å². The fraction of sp³-hybridized carbons (Fsp3) is 0.500. The third-order valence-electron chi connectivity index (χ3n) is 1.17. The van der Waals surface area contributed by atoms with Crippen LogP contribution >= 0.6 is 0 Å². The van der Waals surface area contributed by atoms with E-state index < -0.39 is 0 Å². The van der Waals surface area contributed by atoms with E-state index in [4.69, 9.17) is 9.84 Å². The molecule has 1 aliphatic carbocycles. The molecule has 0 bridgehead atoms. The molecule has 2 nitrogen and oxygen atoms in total. The van der Waals surface area contributed by atoms with Crippen LogP contribution < -0.4 is 0 Å². The summed E-state index contributed by atoms with van der Waals surface area (Å²) < 4.78 is 4.77. The van der Waals surface area contributed by atoms with Crippen molar-refractivity contribution < 1.29 is 9.84 Å². The molecule has 0 saturated carbocycles. The molecule has 32 valence electrons. The van der Waals surface area contributed by atoms with Gasteiger partial charge in [0.1, 0.15) is 5.76 Å². The highest BCUT2D eigenvalue weighted by Crippen LogP contribution is 2.44. The van der Waals surface area contributed by atoms with Crippen LogP contribution in [0.25, 0.3) is 0 Å². The van der Waals surface area contributed by atoms with Crippen molar-refractivity contribution in [3.63, 3.8) is 0 Å². The van der Waals surface area contributed by atoms with E-state index in [9.17, 15) is 0 Å². The molecule has 0 aromatic carbocycles. The summed E-state index contributed by atoms with van der Waals surface area (Å²) in [6, 6.07) is 0. The van der Waals surface area contributed by atoms with Gasteiger partial charge in [-0.05, 0) is 0 Å². The molecule has 1 aliphatic heterocycles. The van der Waals surface area contributed by atoms with Crippen LogP contribution in [0.4, 0.5) is 0 Å². The smallest absolute Gasteiger partial charge is 0.175 e. The second-order valence-electron chi connectivity index (χ2n) is 1.62. The lowest BCUT2D eigenvalue weighted by Gasteiger charge is -1.93. The lowest BCUT2D eigenvalue weighted by molar-refractivity contribution is 0.364. The Morgan fingerprint density at radius 3 is 2.67 bits per heavy atom. The van der Waals surface area contributed by atoms with Crippen molar-refractivity contribution in [2.24, 2.45) is 0 Å². The molecule has 2 heteroatoms. The van der Waals surface area contributed by atoms with Crippen LogP contribution in [0.5, 0.6) is 0 Å². The van der Waals surface area contributed by atoms with Crippen molar-refractivity contribution in [1.82, 2.24) is 0 Å². The molecule has 1 saturated heterocycles. The highest BCUT2D eigenvalue weighted by atomic mass is 16.6. The van der Waals surface area contributed by atoms with Crippen molar-refractivity contribution in [3.8, 4) is 0 Å². The Morgan fingerprint density at radius 2 is 2.67 bits per heavy atom. The van der Waals surface area contributed by atoms with Gasteiger partial charge in [0.25, 0.3) is 0 Å². The van der Waals surface area contributed by atoms with Crippen molar-refractivity contribution in [2.45, 2.75) is 12.5 Å². The van der Waals surface area contributed by atoms with Gasteiger partial charge in [0.05, 0.1) is 6.42 Å². The van der Waals surface area contributed by atoms with Crippen molar-refractivity contribution in [2.75, 3.05) is 0 Å². The molecule has 0 amide bonds. The minimum absolute atomic E-state index is 0.338. The van der Waals surface area contributed by atoms with E-state index in [2.05, 4.69) is 0 Å². The van der Waals surface area contributed by atoms with Gasteiger partial charge in [-0.25, -0.2) is 0 Å². The molecule has 1 N–H and O–H groups in total. The zero-order chi connectivity index (χ0) is 4.15. The van der Waals surface area contributed by atoms with E-state index in [1.165, 1.54) is 0 Å². The van der Waals surface area contributed by atoms with Crippen molar-refractivity contribution in [1.29, 1.82) is 0 Å². The fourth-order valence-electron chi connectivity index (χ4n) is 0.653. The molecule has 1 heterocycles. The van der Waals surface area contributed by atoms with E-state index in [0.717, 1.165) is 12.2 Å². The largest absolute Gasteiger partial charge is 0.508 e. The molecule has 1 unspecified atom stereocenters. The van der Waals surface area contributed by atoms with Crippen LogP contribution in [0.2, 0.25) is 0 Å². The number of fused-ring (bicyclic) bond motifs is 1. The molecule has 0 spiro atoms. The molecule has 0 aromatic rings. The van der Waals surface area contributed by atoms with Gasteiger partial charge in [0.15, 0.2) is 11.9 Å². The van der Waals surface area contributed by atoms with Gasteiger partial charge in [-0.1, -0.05) is 0 Å². The highest BCUT2D eigenvalue weighted by molar-refractivity contribution is 5.30. The Morgan fingerprint density at radius 1 is 1.83 bits per heavy atom. The summed E-state index contributed by atoms with van der Waals surface area (Å²) in [5.41, 5.74) is 0. The van der Waals surface area contributed by atoms with Gasteiger partial charge >= 0.3 is 0 Å². The normalized spacial score (nSPS) is 37.0. The second kappa shape index (κ2) is 0.453. The third kappa shape index (κ3) is 0.103. The van der Waals surface area contributed by atoms with Crippen LogP contribution in [0, 0.1) is 0 Å². The van der Waals surface area contributed by atoms with E-state index in [0.29, 0.717) is 11.9 Å². The summed E-state index contributed by atoms with van der Waals surface area (Å²) in [5, 5.41) is 8.51. The summed E-state index contributed by atoms with van der Waals surface area (Å²) in [6.07, 6.45) is 1.10. The van der Waals surface area contributed by atoms with E-state index in [1.807, 2.05) is 0 Å². The predicted molar refractivity (Wildman–Crippen MR) is 19.1 cm³/mol. The fourth-order valence-corrected chi connectivity index (χ4v) is 0.653. The molecule has 1 fully saturated rings. The zero-order valence-corrected chi connectivity index (χ0v) is 3.14. The maximum Gasteiger partial charge on any atom is 0.175 e. The Bertz CT molecular complexity index is 126. The number of aliphatic hydroxyl groups excluding tert-OH is 1. The second-order valence-corrected chi connectivity index (χ2v) is 1.62. The van der Waals surface area contributed by atoms with Gasteiger partial charge in [0.2, 0.25) is 0 Å². The molecular weight excluding hydrogens is 80.0 g/mol. The lowest BCUT2D eigenvalue weighted by Crippen LogP contribution is -1.97. The van der Waals surface area contributed by atoms with Gasteiger partial charge in [0, 0.05) is 0 Å². The molecule has 2 aliphatic rings. The third-order valence-corrected chi connectivity index (χ3v) is 1.17. The van der Waals surface area contributed by atoms with Crippen LogP contribution in [0.15, 0.2) is 11.5 Å². The van der Waals surface area contributed by atoms with Crippen LogP contribution in [0.1, 0.15) is 6.42 Å². The summed E-state index contributed by atoms with van der Waals surface area (Å²) in [5.74, 6) is 1.29. The maximum atomic E-state index is 8.51. The number of ether oxygens (including phenoxy) is 1. The minimum Gasteiger partial charge on any atom is -0.508 e. The lowest BCUT2D eigenvalue weighted by atomic mass is 10.1. The standard InChI is InChI=1S/C4H4O2/c5-2-1-3-4(2)6-3/h3,5H,1H2. The van der Waals surface area contributed by atoms with Gasteiger partial charge < -0.3 is 9.84 Å². The first-order valence-corrected chi connectivity index (χ1v) is 1.96. The molecule has 6 heavy (non-hydrogen) atoms. The molecule has 0 radical (unpaired) electrons. The molecular formula is C4H4O2.